The van der Waals surface area contributed by atoms with Crippen molar-refractivity contribution in [1.82, 2.24) is 14.9 Å². The molecule has 1 unspecified atom stereocenters. The number of hydrogen-bond donors (Lipinski definition) is 2. The van der Waals surface area contributed by atoms with Crippen LogP contribution in [0, 0.1) is 0 Å². The molecular weight excluding hydrogens is 282 g/mol. The zero-order valence-electron chi connectivity index (χ0n) is 12.1. The molecule has 0 fully saturated rings. The third-order valence-corrected chi connectivity index (χ3v) is 4.39. The largest absolute Gasteiger partial charge is 0.447 e. The van der Waals surface area contributed by atoms with Crippen LogP contribution in [0.4, 0.5) is 0 Å². The van der Waals surface area contributed by atoms with Crippen LogP contribution in [-0.4, -0.2) is 45.3 Å². The van der Waals surface area contributed by atoms with Crippen molar-refractivity contribution in [2.75, 3.05) is 20.6 Å². The minimum absolute atomic E-state index is 0.107. The van der Waals surface area contributed by atoms with E-state index in [-0.39, 0.29) is 23.6 Å². The predicted octanol–water partition coefficient (Wildman–Crippen LogP) is 0.144. The van der Waals surface area contributed by atoms with Crippen LogP contribution in [0.3, 0.4) is 0 Å². The Kier molecular flexibility index (Phi) is 5.73. The maximum atomic E-state index is 11.8. The number of rotatable bonds is 7. The molecule has 1 heterocycles. The molecule has 7 nitrogen and oxygen atoms in total. The molecule has 1 amide bonds. The van der Waals surface area contributed by atoms with Crippen molar-refractivity contribution in [3.8, 4) is 0 Å². The average Bonchev–Trinajstić information content (AvgIpc) is 2.85. The minimum atomic E-state index is -3.56. The molecule has 1 atom stereocenters. The molecular formula is C12H21N3O4S. The minimum Gasteiger partial charge on any atom is -0.447 e. The summed E-state index contributed by atoms with van der Waals surface area (Å²) in [7, 11) is -0.685. The second kappa shape index (κ2) is 6.87. The lowest BCUT2D eigenvalue weighted by Crippen LogP contribution is -2.41. The monoisotopic (exact) mass is 303 g/mol. The van der Waals surface area contributed by atoms with Gasteiger partial charge < -0.3 is 9.73 Å². The molecule has 114 valence electrons. The summed E-state index contributed by atoms with van der Waals surface area (Å²) in [4.78, 5) is 11.5. The van der Waals surface area contributed by atoms with Crippen molar-refractivity contribution < 1.29 is 17.6 Å². The number of likely N-dealkylation sites (N-methyl/N-ethyl adjacent to an activating group) is 1. The predicted molar refractivity (Wildman–Crippen MR) is 74.6 cm³/mol. The number of carbonyl (C=O) groups excluding carboxylic acids is 1. The number of nitrogens with zero attached hydrogens (tertiary/aromatic N) is 1. The van der Waals surface area contributed by atoms with Crippen LogP contribution in [0.1, 0.15) is 19.6 Å². The van der Waals surface area contributed by atoms with Gasteiger partial charge in [0.1, 0.15) is 5.76 Å². The van der Waals surface area contributed by atoms with Gasteiger partial charge in [-0.2, -0.15) is 0 Å². The van der Waals surface area contributed by atoms with Gasteiger partial charge >= 0.3 is 0 Å². The molecule has 1 rings (SSSR count). The van der Waals surface area contributed by atoms with Gasteiger partial charge in [-0.15, -0.1) is 0 Å². The first-order valence-corrected chi connectivity index (χ1v) is 7.75. The van der Waals surface area contributed by atoms with Gasteiger partial charge in [-0.05, 0) is 26.0 Å². The van der Waals surface area contributed by atoms with Gasteiger partial charge in [-0.1, -0.05) is 0 Å². The molecule has 0 saturated heterocycles. The number of carbonyl (C=O) groups is 1. The highest BCUT2D eigenvalue weighted by Crippen LogP contribution is 2.16. The quantitative estimate of drug-likeness (QED) is 0.748. The Hall–Kier alpha value is -1.38. The third kappa shape index (κ3) is 4.06. The van der Waals surface area contributed by atoms with Gasteiger partial charge in [0.05, 0.1) is 12.6 Å². The standard InChI is InChI=1S/C12H21N3O4S/c1-5-13-12(16)9(2)14-8-10-6-7-11(19-10)20(17,18)15(3)4/h6-7,9,14H,5,8H2,1-4H3,(H,13,16). The molecule has 0 aliphatic heterocycles. The van der Waals surface area contributed by atoms with E-state index >= 15 is 0 Å². The van der Waals surface area contributed by atoms with Crippen LogP contribution < -0.4 is 10.6 Å². The summed E-state index contributed by atoms with van der Waals surface area (Å²) >= 11 is 0. The van der Waals surface area contributed by atoms with Crippen molar-refractivity contribution in [2.45, 2.75) is 31.5 Å². The Morgan fingerprint density at radius 2 is 2.05 bits per heavy atom. The summed E-state index contributed by atoms with van der Waals surface area (Å²) in [5.41, 5.74) is 0. The Labute approximate surface area is 119 Å². The van der Waals surface area contributed by atoms with E-state index in [9.17, 15) is 13.2 Å². The van der Waals surface area contributed by atoms with Crippen molar-refractivity contribution in [1.29, 1.82) is 0 Å². The Bertz CT molecular complexity index is 551. The first-order valence-electron chi connectivity index (χ1n) is 6.31. The van der Waals surface area contributed by atoms with Crippen LogP contribution in [0.25, 0.3) is 0 Å². The fourth-order valence-corrected chi connectivity index (χ4v) is 2.26. The Morgan fingerprint density at radius 1 is 1.40 bits per heavy atom. The number of sulfonamides is 1. The lowest BCUT2D eigenvalue weighted by Gasteiger charge is -2.12. The maximum Gasteiger partial charge on any atom is 0.275 e. The molecule has 0 aliphatic carbocycles. The van der Waals surface area contributed by atoms with Crippen LogP contribution in [0.5, 0.6) is 0 Å². The van der Waals surface area contributed by atoms with E-state index in [0.29, 0.717) is 12.3 Å². The number of hydrogen-bond acceptors (Lipinski definition) is 5. The molecule has 0 aliphatic rings. The second-order valence-corrected chi connectivity index (χ2v) is 6.59. The molecule has 2 N–H and O–H groups in total. The Balaban J connectivity index is 2.64. The van der Waals surface area contributed by atoms with E-state index in [0.717, 1.165) is 4.31 Å². The fourth-order valence-electron chi connectivity index (χ4n) is 1.45. The Morgan fingerprint density at radius 3 is 2.60 bits per heavy atom. The molecule has 0 bridgehead atoms. The van der Waals surface area contributed by atoms with Crippen LogP contribution in [0.2, 0.25) is 0 Å². The molecule has 20 heavy (non-hydrogen) atoms. The number of nitrogens with one attached hydrogen (secondary N) is 2. The van der Waals surface area contributed by atoms with Gasteiger partial charge in [0, 0.05) is 20.6 Å². The van der Waals surface area contributed by atoms with E-state index in [1.165, 1.54) is 20.2 Å². The van der Waals surface area contributed by atoms with Crippen molar-refractivity contribution >= 4 is 15.9 Å². The highest BCUT2D eigenvalue weighted by Gasteiger charge is 2.21. The summed E-state index contributed by atoms with van der Waals surface area (Å²) in [6.07, 6.45) is 0. The van der Waals surface area contributed by atoms with E-state index in [1.54, 1.807) is 13.0 Å². The molecule has 0 radical (unpaired) electrons. The van der Waals surface area contributed by atoms with E-state index in [1.807, 2.05) is 6.92 Å². The third-order valence-electron chi connectivity index (χ3n) is 2.70. The summed E-state index contributed by atoms with van der Waals surface area (Å²) in [6.45, 7) is 4.42. The zero-order chi connectivity index (χ0) is 15.3. The summed E-state index contributed by atoms with van der Waals surface area (Å²) in [5.74, 6) is 0.349. The fraction of sp³-hybridized carbons (Fsp3) is 0.583. The van der Waals surface area contributed by atoms with Gasteiger partial charge in [-0.25, -0.2) is 12.7 Å². The van der Waals surface area contributed by atoms with Gasteiger partial charge in [-0.3, -0.25) is 10.1 Å². The highest BCUT2D eigenvalue weighted by atomic mass is 32.2. The lowest BCUT2D eigenvalue weighted by molar-refractivity contribution is -0.122. The number of furan rings is 1. The smallest absolute Gasteiger partial charge is 0.275 e. The van der Waals surface area contributed by atoms with Crippen LogP contribution >= 0.6 is 0 Å². The summed E-state index contributed by atoms with van der Waals surface area (Å²) in [5, 5.41) is 5.55. The highest BCUT2D eigenvalue weighted by molar-refractivity contribution is 7.88. The molecule has 0 aromatic carbocycles. The average molecular weight is 303 g/mol. The SMILES string of the molecule is CCNC(=O)C(C)NCc1ccc(S(=O)(=O)N(C)C)o1. The van der Waals surface area contributed by atoms with Gasteiger partial charge in [0.2, 0.25) is 11.0 Å². The van der Waals surface area contributed by atoms with Crippen molar-refractivity contribution in [3.05, 3.63) is 17.9 Å². The molecule has 0 spiro atoms. The van der Waals surface area contributed by atoms with Crippen LogP contribution in [0.15, 0.2) is 21.6 Å². The summed E-state index contributed by atoms with van der Waals surface area (Å²) < 4.78 is 30.0. The molecule has 8 heteroatoms. The zero-order valence-corrected chi connectivity index (χ0v) is 13.0. The first-order chi connectivity index (χ1) is 9.28. The first kappa shape index (κ1) is 16.7. The van der Waals surface area contributed by atoms with Gasteiger partial charge in [0.15, 0.2) is 0 Å². The topological polar surface area (TPSA) is 91.7 Å². The molecule has 0 saturated carbocycles. The van der Waals surface area contributed by atoms with Crippen molar-refractivity contribution in [2.24, 2.45) is 0 Å². The van der Waals surface area contributed by atoms with Crippen LogP contribution in [-0.2, 0) is 21.4 Å². The van der Waals surface area contributed by atoms with E-state index in [2.05, 4.69) is 10.6 Å². The second-order valence-electron chi connectivity index (χ2n) is 4.51. The van der Waals surface area contributed by atoms with Crippen molar-refractivity contribution in [3.63, 3.8) is 0 Å². The molecule has 1 aromatic heterocycles. The number of amides is 1. The molecule has 1 aromatic rings. The lowest BCUT2D eigenvalue weighted by atomic mass is 10.3. The normalized spacial score (nSPS) is 13.4. The van der Waals surface area contributed by atoms with Gasteiger partial charge in [0.25, 0.3) is 10.0 Å². The maximum absolute atomic E-state index is 11.8. The van der Waals surface area contributed by atoms with E-state index < -0.39 is 10.0 Å². The summed E-state index contributed by atoms with van der Waals surface area (Å²) in [6, 6.07) is 2.60. The van der Waals surface area contributed by atoms with E-state index in [4.69, 9.17) is 4.42 Å².